The highest BCUT2D eigenvalue weighted by molar-refractivity contribution is 5.45. The number of hydrogen-bond acceptors (Lipinski definition) is 2. The maximum Gasteiger partial charge on any atom is 0.299 e. The van der Waals surface area contributed by atoms with Crippen LogP contribution in [0.1, 0.15) is 5.56 Å². The summed E-state index contributed by atoms with van der Waals surface area (Å²) in [5.41, 5.74) is 0.937. The average Bonchev–Trinajstić information content (AvgIpc) is 2.39. The number of H-pyrrole nitrogens is 1. The van der Waals surface area contributed by atoms with Gasteiger partial charge in [0, 0.05) is 11.8 Å². The van der Waals surface area contributed by atoms with E-state index < -0.39 is 0 Å². The van der Waals surface area contributed by atoms with Gasteiger partial charge in [0.25, 0.3) is 6.47 Å². The highest BCUT2D eigenvalue weighted by Crippen LogP contribution is 2.15. The molecule has 3 nitrogen and oxygen atoms in total. The smallest absolute Gasteiger partial charge is 0.299 e. The van der Waals surface area contributed by atoms with E-state index in [9.17, 15) is 4.79 Å². The highest BCUT2D eigenvalue weighted by atomic mass is 16.5. The number of rotatable bonds is 4. The molecule has 11 heavy (non-hydrogen) atoms. The third kappa shape index (κ3) is 1.70. The monoisotopic (exact) mass is 151 g/mol. The number of nitrogens with one attached hydrogen (secondary N) is 1. The van der Waals surface area contributed by atoms with E-state index in [0.29, 0.717) is 18.8 Å². The lowest BCUT2D eigenvalue weighted by Gasteiger charge is -1.95. The fourth-order valence-electron chi connectivity index (χ4n) is 0.860. The van der Waals surface area contributed by atoms with Gasteiger partial charge in [0.15, 0.2) is 0 Å². The summed E-state index contributed by atoms with van der Waals surface area (Å²) in [6.45, 7) is 3.98. The first-order valence-corrected chi connectivity index (χ1v) is 3.26. The van der Waals surface area contributed by atoms with E-state index in [4.69, 9.17) is 0 Å². The standard InChI is InChI=1S/C8H9NO2/c1-2-3-7-4-5-9-8(7)11-6-10/h2,4-6,9H,1,3H2. The second-order valence-corrected chi connectivity index (χ2v) is 2.04. The largest absolute Gasteiger partial charge is 0.411 e. The number of aromatic nitrogens is 1. The van der Waals surface area contributed by atoms with Crippen LogP contribution in [-0.4, -0.2) is 11.5 Å². The average molecular weight is 151 g/mol. The van der Waals surface area contributed by atoms with Crippen LogP contribution in [0.4, 0.5) is 0 Å². The van der Waals surface area contributed by atoms with Crippen LogP contribution in [0, 0.1) is 0 Å². The van der Waals surface area contributed by atoms with Crippen LogP contribution in [0.3, 0.4) is 0 Å². The van der Waals surface area contributed by atoms with Gasteiger partial charge in [-0.2, -0.15) is 0 Å². The summed E-state index contributed by atoms with van der Waals surface area (Å²) in [6, 6.07) is 1.85. The van der Waals surface area contributed by atoms with E-state index in [1.165, 1.54) is 0 Å². The fourth-order valence-corrected chi connectivity index (χ4v) is 0.860. The van der Waals surface area contributed by atoms with Crippen LogP contribution in [0.5, 0.6) is 5.88 Å². The topological polar surface area (TPSA) is 42.1 Å². The lowest BCUT2D eigenvalue weighted by molar-refractivity contribution is -0.120. The van der Waals surface area contributed by atoms with Crippen molar-refractivity contribution in [2.45, 2.75) is 6.42 Å². The van der Waals surface area contributed by atoms with Crippen LogP contribution >= 0.6 is 0 Å². The number of allylic oxidation sites excluding steroid dienone is 1. The van der Waals surface area contributed by atoms with Gasteiger partial charge in [-0.25, -0.2) is 0 Å². The van der Waals surface area contributed by atoms with Crippen molar-refractivity contribution in [1.29, 1.82) is 0 Å². The number of ether oxygens (including phenoxy) is 1. The fraction of sp³-hybridized carbons (Fsp3) is 0.125. The number of hydrogen-bond donors (Lipinski definition) is 1. The van der Waals surface area contributed by atoms with Crippen molar-refractivity contribution in [3.8, 4) is 5.88 Å². The van der Waals surface area contributed by atoms with E-state index in [0.717, 1.165) is 5.56 Å². The number of carbonyl (C=O) groups is 1. The van der Waals surface area contributed by atoms with Crippen molar-refractivity contribution >= 4 is 6.47 Å². The Labute approximate surface area is 64.7 Å². The molecule has 1 rings (SSSR count). The number of aromatic amines is 1. The van der Waals surface area contributed by atoms with Gasteiger partial charge >= 0.3 is 0 Å². The predicted octanol–water partition coefficient (Wildman–Crippen LogP) is 1.28. The molecule has 1 N–H and O–H groups in total. The SMILES string of the molecule is C=CCc1cc[nH]c1OC=O. The van der Waals surface area contributed by atoms with Gasteiger partial charge in [-0.3, -0.25) is 4.79 Å². The zero-order valence-electron chi connectivity index (χ0n) is 6.04. The summed E-state index contributed by atoms with van der Waals surface area (Å²) in [7, 11) is 0. The molecule has 0 aliphatic heterocycles. The first-order chi connectivity index (χ1) is 5.38. The second-order valence-electron chi connectivity index (χ2n) is 2.04. The molecule has 0 saturated carbocycles. The van der Waals surface area contributed by atoms with Crippen molar-refractivity contribution in [1.82, 2.24) is 4.98 Å². The first-order valence-electron chi connectivity index (χ1n) is 3.26. The third-order valence-corrected chi connectivity index (χ3v) is 1.32. The van der Waals surface area contributed by atoms with Crippen molar-refractivity contribution in [3.63, 3.8) is 0 Å². The lowest BCUT2D eigenvalue weighted by Crippen LogP contribution is -1.91. The Bertz CT molecular complexity index is 228. The molecule has 0 saturated heterocycles. The minimum Gasteiger partial charge on any atom is -0.411 e. The summed E-state index contributed by atoms with van der Waals surface area (Å²) in [5.74, 6) is 0.500. The lowest BCUT2D eigenvalue weighted by atomic mass is 10.2. The van der Waals surface area contributed by atoms with Crippen molar-refractivity contribution in [2.75, 3.05) is 0 Å². The molecule has 1 aromatic rings. The van der Waals surface area contributed by atoms with Gasteiger partial charge in [0.1, 0.15) is 0 Å². The molecule has 0 fully saturated rings. The molecule has 0 aliphatic carbocycles. The Balaban J connectivity index is 2.76. The minimum atomic E-state index is 0.401. The molecular formula is C8H9NO2. The molecule has 0 amide bonds. The van der Waals surface area contributed by atoms with Crippen LogP contribution in [0.2, 0.25) is 0 Å². The molecule has 0 atom stereocenters. The molecule has 0 aliphatic rings. The molecule has 0 radical (unpaired) electrons. The minimum absolute atomic E-state index is 0.401. The highest BCUT2D eigenvalue weighted by Gasteiger charge is 2.01. The summed E-state index contributed by atoms with van der Waals surface area (Å²) >= 11 is 0. The molecule has 0 bridgehead atoms. The maximum atomic E-state index is 9.96. The van der Waals surface area contributed by atoms with E-state index >= 15 is 0 Å². The summed E-state index contributed by atoms with van der Waals surface area (Å²) in [4.78, 5) is 12.8. The normalized spacial score (nSPS) is 9.09. The van der Waals surface area contributed by atoms with Crippen LogP contribution in [0.15, 0.2) is 24.9 Å². The van der Waals surface area contributed by atoms with Gasteiger partial charge in [0.2, 0.25) is 5.88 Å². The molecule has 1 heterocycles. The maximum absolute atomic E-state index is 9.96. The Morgan fingerprint density at radius 2 is 2.55 bits per heavy atom. The zero-order chi connectivity index (χ0) is 8.10. The number of carbonyl (C=O) groups excluding carboxylic acids is 1. The molecule has 3 heteroatoms. The molecular weight excluding hydrogens is 142 g/mol. The molecule has 1 aromatic heterocycles. The first kappa shape index (κ1) is 7.60. The van der Waals surface area contributed by atoms with E-state index in [1.54, 1.807) is 12.3 Å². The van der Waals surface area contributed by atoms with Crippen LogP contribution in [-0.2, 0) is 11.2 Å². The molecule has 0 unspecified atom stereocenters. The summed E-state index contributed by atoms with van der Waals surface area (Å²) in [6.07, 6.45) is 4.17. The van der Waals surface area contributed by atoms with Crippen molar-refractivity contribution in [2.24, 2.45) is 0 Å². The Morgan fingerprint density at radius 1 is 1.73 bits per heavy atom. The predicted molar refractivity (Wildman–Crippen MR) is 41.4 cm³/mol. The van der Waals surface area contributed by atoms with Gasteiger partial charge in [-0.15, -0.1) is 6.58 Å². The van der Waals surface area contributed by atoms with Crippen molar-refractivity contribution < 1.29 is 9.53 Å². The van der Waals surface area contributed by atoms with Gasteiger partial charge in [0.05, 0.1) is 0 Å². The van der Waals surface area contributed by atoms with Crippen LogP contribution < -0.4 is 4.74 Å². The Hall–Kier alpha value is -1.51. The zero-order valence-corrected chi connectivity index (χ0v) is 6.04. The summed E-state index contributed by atoms with van der Waals surface area (Å²) in [5, 5.41) is 0. The quantitative estimate of drug-likeness (QED) is 0.520. The van der Waals surface area contributed by atoms with Gasteiger partial charge in [-0.05, 0) is 12.5 Å². The molecule has 0 aromatic carbocycles. The summed E-state index contributed by atoms with van der Waals surface area (Å²) < 4.78 is 4.65. The molecule has 0 spiro atoms. The second kappa shape index (κ2) is 3.61. The van der Waals surface area contributed by atoms with Crippen molar-refractivity contribution in [3.05, 3.63) is 30.5 Å². The molecule has 58 valence electrons. The van der Waals surface area contributed by atoms with E-state index in [1.807, 2.05) is 6.07 Å². The van der Waals surface area contributed by atoms with Gasteiger partial charge in [-0.1, -0.05) is 6.08 Å². The Morgan fingerprint density at radius 3 is 3.18 bits per heavy atom. The Kier molecular flexibility index (Phi) is 2.49. The van der Waals surface area contributed by atoms with E-state index in [-0.39, 0.29) is 0 Å². The van der Waals surface area contributed by atoms with E-state index in [2.05, 4.69) is 16.3 Å². The van der Waals surface area contributed by atoms with Gasteiger partial charge < -0.3 is 9.72 Å². The van der Waals surface area contributed by atoms with Crippen LogP contribution in [0.25, 0.3) is 0 Å². The third-order valence-electron chi connectivity index (χ3n) is 1.32.